The summed E-state index contributed by atoms with van der Waals surface area (Å²) in [5.41, 5.74) is 2.01. The smallest absolute Gasteiger partial charge is 0.336 e. The number of aliphatic hydroxyl groups excluding tert-OH is 1. The van der Waals surface area contributed by atoms with Crippen molar-refractivity contribution in [2.75, 3.05) is 0 Å². The molecule has 0 aliphatic heterocycles. The lowest BCUT2D eigenvalue weighted by Gasteiger charge is -2.12. The first-order valence-corrected chi connectivity index (χ1v) is 6.32. The fraction of sp³-hybridized carbons (Fsp3) is 0.188. The minimum absolute atomic E-state index is 0.295. The van der Waals surface area contributed by atoms with Crippen molar-refractivity contribution >= 4 is 21.9 Å². The quantitative estimate of drug-likeness (QED) is 0.587. The Morgan fingerprint density at radius 1 is 1.30 bits per heavy atom. The third kappa shape index (κ3) is 2.04. The van der Waals surface area contributed by atoms with Gasteiger partial charge < -0.3 is 13.9 Å². The number of aliphatic hydroxyl groups is 1. The lowest BCUT2D eigenvalue weighted by atomic mass is 9.99. The van der Waals surface area contributed by atoms with E-state index in [4.69, 9.17) is 8.83 Å². The molecule has 0 unspecified atom stereocenters. The summed E-state index contributed by atoms with van der Waals surface area (Å²) in [5, 5.41) is 11.8. The monoisotopic (exact) mass is 270 g/mol. The van der Waals surface area contributed by atoms with Crippen LogP contribution >= 0.6 is 0 Å². The molecule has 4 nitrogen and oxygen atoms in total. The number of hydrogen-bond donors (Lipinski definition) is 1. The van der Waals surface area contributed by atoms with E-state index >= 15 is 0 Å². The number of hydrogen-bond acceptors (Lipinski definition) is 4. The van der Waals surface area contributed by atoms with Gasteiger partial charge in [-0.1, -0.05) is 12.2 Å². The van der Waals surface area contributed by atoms with Crippen molar-refractivity contribution in [3.8, 4) is 0 Å². The average Bonchev–Trinajstić information content (AvgIpc) is 2.86. The first-order valence-electron chi connectivity index (χ1n) is 6.32. The van der Waals surface area contributed by atoms with Crippen LogP contribution < -0.4 is 5.63 Å². The zero-order valence-electron chi connectivity index (χ0n) is 11.1. The van der Waals surface area contributed by atoms with Crippen LogP contribution in [-0.4, -0.2) is 11.2 Å². The van der Waals surface area contributed by atoms with E-state index in [1.54, 1.807) is 19.3 Å². The predicted octanol–water partition coefficient (Wildman–Crippen LogP) is 3.02. The Morgan fingerprint density at radius 2 is 2.05 bits per heavy atom. The molecule has 1 atom stereocenters. The third-order valence-electron chi connectivity index (χ3n) is 3.39. The van der Waals surface area contributed by atoms with Gasteiger partial charge in [-0.05, 0) is 25.1 Å². The number of benzene rings is 1. The summed E-state index contributed by atoms with van der Waals surface area (Å²) in [6.07, 6.45) is 1.17. The molecular formula is C16H14O4. The Morgan fingerprint density at radius 3 is 2.80 bits per heavy atom. The van der Waals surface area contributed by atoms with E-state index in [1.807, 2.05) is 12.1 Å². The Kier molecular flexibility index (Phi) is 2.95. The molecule has 0 spiro atoms. The van der Waals surface area contributed by atoms with Crippen LogP contribution in [0.3, 0.4) is 0 Å². The molecule has 2 heterocycles. The Hall–Kier alpha value is -2.33. The molecule has 3 aromatic rings. The average molecular weight is 270 g/mol. The highest BCUT2D eigenvalue weighted by atomic mass is 16.4. The second kappa shape index (κ2) is 4.65. The first-order chi connectivity index (χ1) is 9.56. The number of rotatable bonds is 3. The molecule has 0 aliphatic carbocycles. The van der Waals surface area contributed by atoms with Gasteiger partial charge in [-0.15, -0.1) is 0 Å². The highest BCUT2D eigenvalue weighted by Crippen LogP contribution is 2.30. The van der Waals surface area contributed by atoms with Crippen molar-refractivity contribution in [2.24, 2.45) is 0 Å². The van der Waals surface area contributed by atoms with E-state index in [-0.39, 0.29) is 0 Å². The lowest BCUT2D eigenvalue weighted by molar-refractivity contribution is 0.212. The molecule has 0 saturated heterocycles. The minimum Gasteiger partial charge on any atom is -0.464 e. The van der Waals surface area contributed by atoms with Crippen molar-refractivity contribution in [2.45, 2.75) is 19.4 Å². The van der Waals surface area contributed by atoms with Crippen LogP contribution in [0, 0.1) is 0 Å². The summed E-state index contributed by atoms with van der Waals surface area (Å²) in [6, 6.07) is 6.84. The zero-order chi connectivity index (χ0) is 14.3. The second-order valence-electron chi connectivity index (χ2n) is 4.93. The van der Waals surface area contributed by atoms with E-state index in [1.165, 1.54) is 6.07 Å². The molecule has 1 aromatic carbocycles. The van der Waals surface area contributed by atoms with Crippen LogP contribution in [0.1, 0.15) is 12.5 Å². The van der Waals surface area contributed by atoms with Gasteiger partial charge in [0.15, 0.2) is 0 Å². The van der Waals surface area contributed by atoms with Crippen molar-refractivity contribution in [1.82, 2.24) is 0 Å². The van der Waals surface area contributed by atoms with Gasteiger partial charge in [-0.3, -0.25) is 0 Å². The van der Waals surface area contributed by atoms with Crippen LogP contribution in [0.5, 0.6) is 0 Å². The fourth-order valence-electron chi connectivity index (χ4n) is 2.28. The van der Waals surface area contributed by atoms with Gasteiger partial charge in [0.2, 0.25) is 0 Å². The summed E-state index contributed by atoms with van der Waals surface area (Å²) >= 11 is 0. The highest BCUT2D eigenvalue weighted by Gasteiger charge is 2.17. The van der Waals surface area contributed by atoms with Crippen molar-refractivity contribution < 1.29 is 13.9 Å². The molecule has 3 rings (SSSR count). The molecule has 102 valence electrons. The maximum absolute atomic E-state index is 11.5. The van der Waals surface area contributed by atoms with E-state index < -0.39 is 11.7 Å². The SMILES string of the molecule is C=C(C)[C@@H](O)Cc1c2occc2cc2ccc(=O)oc12. The second-order valence-corrected chi connectivity index (χ2v) is 4.93. The van der Waals surface area contributed by atoms with E-state index in [2.05, 4.69) is 6.58 Å². The first kappa shape index (κ1) is 12.7. The maximum Gasteiger partial charge on any atom is 0.336 e. The fourth-order valence-corrected chi connectivity index (χ4v) is 2.28. The summed E-state index contributed by atoms with van der Waals surface area (Å²) in [6.45, 7) is 5.50. The molecule has 4 heteroatoms. The van der Waals surface area contributed by atoms with E-state index in [0.717, 1.165) is 10.8 Å². The summed E-state index contributed by atoms with van der Waals surface area (Å²) in [5.74, 6) is 0. The van der Waals surface area contributed by atoms with Crippen molar-refractivity contribution in [3.05, 3.63) is 58.7 Å². The lowest BCUT2D eigenvalue weighted by Crippen LogP contribution is -2.12. The summed E-state index contributed by atoms with van der Waals surface area (Å²) < 4.78 is 10.8. The van der Waals surface area contributed by atoms with Crippen molar-refractivity contribution in [1.29, 1.82) is 0 Å². The maximum atomic E-state index is 11.5. The minimum atomic E-state index is -0.709. The topological polar surface area (TPSA) is 63.6 Å². The molecule has 0 saturated carbocycles. The molecule has 0 fully saturated rings. The third-order valence-corrected chi connectivity index (χ3v) is 3.39. The van der Waals surface area contributed by atoms with E-state index in [0.29, 0.717) is 28.7 Å². The van der Waals surface area contributed by atoms with Gasteiger partial charge in [-0.2, -0.15) is 0 Å². The zero-order valence-corrected chi connectivity index (χ0v) is 11.1. The van der Waals surface area contributed by atoms with Crippen molar-refractivity contribution in [3.63, 3.8) is 0 Å². The van der Waals surface area contributed by atoms with Gasteiger partial charge in [0.1, 0.15) is 11.2 Å². The highest BCUT2D eigenvalue weighted by molar-refractivity contribution is 5.97. The van der Waals surface area contributed by atoms with Crippen LogP contribution in [0.4, 0.5) is 0 Å². The van der Waals surface area contributed by atoms with Gasteiger partial charge in [0.05, 0.1) is 12.4 Å². The van der Waals surface area contributed by atoms with Crippen LogP contribution in [0.25, 0.3) is 21.9 Å². The Balaban J connectivity index is 2.32. The normalized spacial score (nSPS) is 12.9. The molecular weight excluding hydrogens is 256 g/mol. The Labute approximate surface area is 114 Å². The Bertz CT molecular complexity index is 854. The molecule has 2 aromatic heterocycles. The molecule has 20 heavy (non-hydrogen) atoms. The molecule has 0 amide bonds. The largest absolute Gasteiger partial charge is 0.464 e. The number of furan rings is 1. The van der Waals surface area contributed by atoms with Gasteiger partial charge >= 0.3 is 5.63 Å². The predicted molar refractivity (Wildman–Crippen MR) is 76.8 cm³/mol. The molecule has 1 N–H and O–H groups in total. The molecule has 0 aliphatic rings. The number of fused-ring (bicyclic) bond motifs is 2. The van der Waals surface area contributed by atoms with Gasteiger partial charge in [0.25, 0.3) is 0 Å². The summed E-state index contributed by atoms with van der Waals surface area (Å²) in [4.78, 5) is 11.5. The van der Waals surface area contributed by atoms with E-state index in [9.17, 15) is 9.90 Å². The standard InChI is InChI=1S/C16H14O4/c1-9(2)13(17)8-12-15-11(5-6-19-15)7-10-3-4-14(18)20-16(10)12/h3-7,13,17H,1,8H2,2H3/t13-/m0/s1. The van der Waals surface area contributed by atoms with Crippen LogP contribution in [0.2, 0.25) is 0 Å². The van der Waals surface area contributed by atoms with Gasteiger partial charge in [0, 0.05) is 28.8 Å². The van der Waals surface area contributed by atoms with Crippen LogP contribution in [0.15, 0.2) is 56.3 Å². The van der Waals surface area contributed by atoms with Crippen LogP contribution in [-0.2, 0) is 6.42 Å². The van der Waals surface area contributed by atoms with Gasteiger partial charge in [-0.25, -0.2) is 4.79 Å². The molecule has 0 bridgehead atoms. The summed E-state index contributed by atoms with van der Waals surface area (Å²) in [7, 11) is 0. The molecule has 0 radical (unpaired) electrons.